The molecule has 1 fully saturated rings. The van der Waals surface area contributed by atoms with Gasteiger partial charge in [0, 0.05) is 16.7 Å². The lowest BCUT2D eigenvalue weighted by Crippen LogP contribution is -2.39. The Morgan fingerprint density at radius 3 is 2.43 bits per heavy atom. The summed E-state index contributed by atoms with van der Waals surface area (Å²) in [6.45, 7) is 5.11. The fourth-order valence-corrected chi connectivity index (χ4v) is 3.38. The van der Waals surface area contributed by atoms with Crippen LogP contribution in [0.15, 0.2) is 18.2 Å². The number of nitro groups is 1. The number of benzene rings is 1. The normalized spacial score (nSPS) is 20.2. The standard InChI is InChI=1S/C16H23ClN2O2/c1-15(2)5-7-16(11-18,8-6-15)10-12-9-13(17)3-4-14(12)19(20)21/h3-4,9H,5-8,10-11,18H2,1-2H3. The van der Waals surface area contributed by atoms with Gasteiger partial charge in [0.25, 0.3) is 5.69 Å². The topological polar surface area (TPSA) is 69.2 Å². The number of halogens is 1. The average Bonchev–Trinajstić information content (AvgIpc) is 2.41. The molecule has 0 atom stereocenters. The van der Waals surface area contributed by atoms with Crippen molar-refractivity contribution >= 4 is 17.3 Å². The summed E-state index contributed by atoms with van der Waals surface area (Å²) in [7, 11) is 0. The van der Waals surface area contributed by atoms with Crippen LogP contribution in [0.3, 0.4) is 0 Å². The van der Waals surface area contributed by atoms with Gasteiger partial charge in [0.1, 0.15) is 0 Å². The first-order chi connectivity index (χ1) is 9.77. The minimum atomic E-state index is -0.331. The van der Waals surface area contributed by atoms with E-state index < -0.39 is 0 Å². The minimum Gasteiger partial charge on any atom is -0.330 e. The van der Waals surface area contributed by atoms with Crippen LogP contribution >= 0.6 is 11.6 Å². The molecule has 1 aromatic carbocycles. The van der Waals surface area contributed by atoms with Crippen molar-refractivity contribution < 1.29 is 4.92 Å². The van der Waals surface area contributed by atoms with Crippen LogP contribution < -0.4 is 5.73 Å². The zero-order valence-corrected chi connectivity index (χ0v) is 13.4. The third-order valence-electron chi connectivity index (χ3n) is 4.90. The zero-order valence-electron chi connectivity index (χ0n) is 12.7. The quantitative estimate of drug-likeness (QED) is 0.664. The van der Waals surface area contributed by atoms with Crippen LogP contribution in [-0.4, -0.2) is 11.5 Å². The highest BCUT2D eigenvalue weighted by Gasteiger charge is 2.38. The summed E-state index contributed by atoms with van der Waals surface area (Å²) in [6.07, 6.45) is 4.88. The minimum absolute atomic E-state index is 0.0367. The molecule has 1 aliphatic carbocycles. The number of nitro benzene ring substituents is 1. The summed E-state index contributed by atoms with van der Waals surface area (Å²) in [5.74, 6) is 0. The lowest BCUT2D eigenvalue weighted by molar-refractivity contribution is -0.385. The number of rotatable bonds is 4. The van der Waals surface area contributed by atoms with Gasteiger partial charge in [-0.05, 0) is 61.6 Å². The predicted octanol–water partition coefficient (Wildman–Crippen LogP) is 4.34. The molecule has 21 heavy (non-hydrogen) atoms. The van der Waals surface area contributed by atoms with Gasteiger partial charge in [0.05, 0.1) is 4.92 Å². The van der Waals surface area contributed by atoms with E-state index in [9.17, 15) is 10.1 Å². The van der Waals surface area contributed by atoms with E-state index in [0.717, 1.165) is 25.7 Å². The molecule has 1 saturated carbocycles. The smallest absolute Gasteiger partial charge is 0.272 e. The first-order valence-corrected chi connectivity index (χ1v) is 7.78. The van der Waals surface area contributed by atoms with Gasteiger partial charge in [-0.25, -0.2) is 0 Å². The van der Waals surface area contributed by atoms with E-state index in [1.807, 2.05) is 0 Å². The fourth-order valence-electron chi connectivity index (χ4n) is 3.19. The fraction of sp³-hybridized carbons (Fsp3) is 0.625. The van der Waals surface area contributed by atoms with Crippen LogP contribution in [0, 0.1) is 20.9 Å². The van der Waals surface area contributed by atoms with Crippen molar-refractivity contribution in [2.45, 2.75) is 46.0 Å². The first kappa shape index (κ1) is 16.2. The summed E-state index contributed by atoms with van der Waals surface area (Å²) >= 11 is 6.02. The van der Waals surface area contributed by atoms with Crippen LogP contribution in [0.1, 0.15) is 45.1 Å². The molecule has 0 aromatic heterocycles. The van der Waals surface area contributed by atoms with Gasteiger partial charge < -0.3 is 5.73 Å². The molecule has 4 nitrogen and oxygen atoms in total. The maximum atomic E-state index is 11.2. The van der Waals surface area contributed by atoms with Crippen molar-refractivity contribution in [1.82, 2.24) is 0 Å². The molecule has 0 radical (unpaired) electrons. The Hall–Kier alpha value is -1.13. The Bertz CT molecular complexity index is 533. The number of nitrogens with zero attached hydrogens (tertiary/aromatic N) is 1. The Morgan fingerprint density at radius 2 is 1.90 bits per heavy atom. The third kappa shape index (κ3) is 3.74. The van der Waals surface area contributed by atoms with Crippen molar-refractivity contribution in [3.8, 4) is 0 Å². The Morgan fingerprint density at radius 1 is 1.29 bits per heavy atom. The van der Waals surface area contributed by atoms with E-state index >= 15 is 0 Å². The molecule has 0 spiro atoms. The van der Waals surface area contributed by atoms with Gasteiger partial charge in [-0.2, -0.15) is 0 Å². The molecule has 2 rings (SSSR count). The Labute approximate surface area is 130 Å². The highest BCUT2D eigenvalue weighted by atomic mass is 35.5. The van der Waals surface area contributed by atoms with Crippen molar-refractivity contribution in [3.05, 3.63) is 38.9 Å². The van der Waals surface area contributed by atoms with Crippen LogP contribution in [-0.2, 0) is 6.42 Å². The zero-order chi connectivity index (χ0) is 15.7. The summed E-state index contributed by atoms with van der Waals surface area (Å²) in [5.41, 5.74) is 7.20. The van der Waals surface area contributed by atoms with Gasteiger partial charge in [-0.3, -0.25) is 10.1 Å². The molecule has 0 unspecified atom stereocenters. The second kappa shape index (κ2) is 5.93. The van der Waals surface area contributed by atoms with Gasteiger partial charge in [-0.1, -0.05) is 25.4 Å². The molecule has 5 heteroatoms. The summed E-state index contributed by atoms with van der Waals surface area (Å²) in [4.78, 5) is 10.9. The van der Waals surface area contributed by atoms with E-state index in [2.05, 4.69) is 13.8 Å². The monoisotopic (exact) mass is 310 g/mol. The van der Waals surface area contributed by atoms with Crippen LogP contribution in [0.5, 0.6) is 0 Å². The third-order valence-corrected chi connectivity index (χ3v) is 5.14. The second-order valence-corrected chi connectivity index (χ2v) is 7.51. The molecular formula is C16H23ClN2O2. The molecule has 1 aromatic rings. The lowest BCUT2D eigenvalue weighted by Gasteiger charge is -2.43. The molecule has 0 amide bonds. The van der Waals surface area contributed by atoms with E-state index in [0.29, 0.717) is 29.0 Å². The van der Waals surface area contributed by atoms with Crippen LogP contribution in [0.25, 0.3) is 0 Å². The van der Waals surface area contributed by atoms with Gasteiger partial charge in [-0.15, -0.1) is 0 Å². The van der Waals surface area contributed by atoms with Crippen molar-refractivity contribution in [3.63, 3.8) is 0 Å². The first-order valence-electron chi connectivity index (χ1n) is 7.40. The van der Waals surface area contributed by atoms with E-state index in [-0.39, 0.29) is 16.0 Å². The molecule has 0 aliphatic heterocycles. The van der Waals surface area contributed by atoms with Crippen LogP contribution in [0.4, 0.5) is 5.69 Å². The van der Waals surface area contributed by atoms with Crippen molar-refractivity contribution in [1.29, 1.82) is 0 Å². The molecular weight excluding hydrogens is 288 g/mol. The van der Waals surface area contributed by atoms with Gasteiger partial charge in [0.15, 0.2) is 0 Å². The van der Waals surface area contributed by atoms with E-state index in [1.165, 1.54) is 6.07 Å². The van der Waals surface area contributed by atoms with Crippen LogP contribution in [0.2, 0.25) is 5.02 Å². The highest BCUT2D eigenvalue weighted by molar-refractivity contribution is 6.30. The largest absolute Gasteiger partial charge is 0.330 e. The Balaban J connectivity index is 2.27. The maximum absolute atomic E-state index is 11.2. The lowest BCUT2D eigenvalue weighted by atomic mass is 9.63. The van der Waals surface area contributed by atoms with Gasteiger partial charge in [0.2, 0.25) is 0 Å². The summed E-state index contributed by atoms with van der Waals surface area (Å²) in [6, 6.07) is 4.79. The maximum Gasteiger partial charge on any atom is 0.272 e. The van der Waals surface area contributed by atoms with E-state index in [4.69, 9.17) is 17.3 Å². The SMILES string of the molecule is CC1(C)CCC(CN)(Cc2cc(Cl)ccc2[N+](=O)[O-])CC1. The second-order valence-electron chi connectivity index (χ2n) is 7.08. The molecule has 0 saturated heterocycles. The van der Waals surface area contributed by atoms with E-state index in [1.54, 1.807) is 12.1 Å². The molecule has 0 bridgehead atoms. The predicted molar refractivity (Wildman–Crippen MR) is 85.5 cm³/mol. The molecule has 2 N–H and O–H groups in total. The summed E-state index contributed by atoms with van der Waals surface area (Å²) in [5, 5.41) is 11.7. The summed E-state index contributed by atoms with van der Waals surface area (Å²) < 4.78 is 0. The highest BCUT2D eigenvalue weighted by Crippen LogP contribution is 2.47. The van der Waals surface area contributed by atoms with Gasteiger partial charge >= 0.3 is 0 Å². The molecule has 116 valence electrons. The average molecular weight is 311 g/mol. The van der Waals surface area contributed by atoms with Crippen molar-refractivity contribution in [2.24, 2.45) is 16.6 Å². The molecule has 0 heterocycles. The molecule has 1 aliphatic rings. The number of hydrogen-bond donors (Lipinski definition) is 1. The Kier molecular flexibility index (Phi) is 4.59. The number of nitrogens with two attached hydrogens (primary N) is 1. The van der Waals surface area contributed by atoms with Crippen molar-refractivity contribution in [2.75, 3.05) is 6.54 Å². The number of hydrogen-bond acceptors (Lipinski definition) is 3.